The van der Waals surface area contributed by atoms with Crippen LogP contribution in [0.15, 0.2) is 27.1 Å². The molecule has 0 aliphatic rings. The maximum Gasteiger partial charge on any atom is 0.320 e. The number of hydrogen-bond acceptors (Lipinski definition) is 5. The van der Waals surface area contributed by atoms with Crippen molar-refractivity contribution in [3.63, 3.8) is 0 Å². The molecule has 1 aromatic heterocycles. The van der Waals surface area contributed by atoms with Gasteiger partial charge in [-0.05, 0) is 54.0 Å². The summed E-state index contributed by atoms with van der Waals surface area (Å²) in [6.07, 6.45) is 1.06. The fraction of sp³-hybridized carbons (Fsp3) is 0.385. The van der Waals surface area contributed by atoms with Crippen molar-refractivity contribution < 1.29 is 4.42 Å². The van der Waals surface area contributed by atoms with Crippen LogP contribution in [0.1, 0.15) is 32.2 Å². The van der Waals surface area contributed by atoms with E-state index in [9.17, 15) is 0 Å². The van der Waals surface area contributed by atoms with Crippen LogP contribution in [0.4, 0.5) is 11.7 Å². The molecule has 5 nitrogen and oxygen atoms in total. The Kier molecular flexibility index (Phi) is 5.39. The van der Waals surface area contributed by atoms with Crippen molar-refractivity contribution in [2.24, 2.45) is 0 Å². The molecule has 0 radical (unpaired) electrons. The van der Waals surface area contributed by atoms with Gasteiger partial charge in [0, 0.05) is 9.50 Å². The first-order valence-electron chi connectivity index (χ1n) is 6.39. The van der Waals surface area contributed by atoms with Gasteiger partial charge in [-0.15, -0.1) is 5.10 Å². The lowest BCUT2D eigenvalue weighted by molar-refractivity contribution is 0.424. The van der Waals surface area contributed by atoms with E-state index in [-0.39, 0.29) is 6.04 Å². The normalized spacial score (nSPS) is 12.4. The Balaban J connectivity index is 2.05. The number of hydrogen-bond donors (Lipinski definition) is 2. The summed E-state index contributed by atoms with van der Waals surface area (Å²) in [7, 11) is 0. The van der Waals surface area contributed by atoms with Gasteiger partial charge in [0.2, 0.25) is 5.89 Å². The molecule has 20 heavy (non-hydrogen) atoms. The summed E-state index contributed by atoms with van der Waals surface area (Å²) < 4.78 is 6.42. The quantitative estimate of drug-likeness (QED) is 0.805. The molecule has 0 spiro atoms. The Morgan fingerprint density at radius 2 is 2.20 bits per heavy atom. The van der Waals surface area contributed by atoms with Gasteiger partial charge in [0.15, 0.2) is 0 Å². The van der Waals surface area contributed by atoms with Crippen LogP contribution in [0.5, 0.6) is 0 Å². The van der Waals surface area contributed by atoms with Crippen molar-refractivity contribution in [2.75, 3.05) is 11.9 Å². The van der Waals surface area contributed by atoms with Crippen LogP contribution in [0.3, 0.4) is 0 Å². The maximum atomic E-state index is 5.90. The summed E-state index contributed by atoms with van der Waals surface area (Å²) >= 11 is 9.32. The summed E-state index contributed by atoms with van der Waals surface area (Å²) in [5.74, 6) is 0.561. The lowest BCUT2D eigenvalue weighted by Gasteiger charge is -2.08. The predicted octanol–water partition coefficient (Wildman–Crippen LogP) is 4.29. The molecule has 0 aliphatic heterocycles. The Morgan fingerprint density at radius 3 is 2.90 bits per heavy atom. The summed E-state index contributed by atoms with van der Waals surface area (Å²) in [6, 6.07) is 5.82. The Morgan fingerprint density at radius 1 is 1.40 bits per heavy atom. The van der Waals surface area contributed by atoms with Crippen LogP contribution in [-0.4, -0.2) is 16.7 Å². The van der Waals surface area contributed by atoms with E-state index in [1.165, 1.54) is 0 Å². The molecule has 7 heteroatoms. The minimum Gasteiger partial charge on any atom is -0.406 e. The molecule has 0 amide bonds. The van der Waals surface area contributed by atoms with Crippen molar-refractivity contribution in [1.29, 1.82) is 0 Å². The molecule has 2 rings (SSSR count). The van der Waals surface area contributed by atoms with E-state index >= 15 is 0 Å². The van der Waals surface area contributed by atoms with Gasteiger partial charge in [0.1, 0.15) is 0 Å². The predicted molar refractivity (Wildman–Crippen MR) is 83.4 cm³/mol. The zero-order chi connectivity index (χ0) is 14.5. The van der Waals surface area contributed by atoms with E-state index < -0.39 is 0 Å². The summed E-state index contributed by atoms with van der Waals surface area (Å²) in [5.41, 5.74) is 0.818. The molecule has 108 valence electrons. The first kappa shape index (κ1) is 15.3. The van der Waals surface area contributed by atoms with Gasteiger partial charge in [-0.2, -0.15) is 0 Å². The van der Waals surface area contributed by atoms with Crippen molar-refractivity contribution in [2.45, 2.75) is 26.3 Å². The smallest absolute Gasteiger partial charge is 0.320 e. The Hall–Kier alpha value is -1.11. The topological polar surface area (TPSA) is 63.0 Å². The Bertz CT molecular complexity index is 575. The van der Waals surface area contributed by atoms with Crippen molar-refractivity contribution in [3.8, 4) is 0 Å². The lowest BCUT2D eigenvalue weighted by Crippen LogP contribution is -2.19. The second-order valence-electron chi connectivity index (χ2n) is 4.37. The van der Waals surface area contributed by atoms with Crippen LogP contribution >= 0.6 is 27.5 Å². The van der Waals surface area contributed by atoms with E-state index in [4.69, 9.17) is 16.0 Å². The third kappa shape index (κ3) is 3.94. The van der Waals surface area contributed by atoms with Gasteiger partial charge < -0.3 is 15.1 Å². The van der Waals surface area contributed by atoms with E-state index in [1.54, 1.807) is 12.1 Å². The largest absolute Gasteiger partial charge is 0.406 e. The monoisotopic (exact) mass is 358 g/mol. The second kappa shape index (κ2) is 7.06. The molecule has 0 bridgehead atoms. The van der Waals surface area contributed by atoms with Crippen LogP contribution < -0.4 is 10.6 Å². The number of halogens is 2. The van der Waals surface area contributed by atoms with Gasteiger partial charge in [0.05, 0.1) is 11.7 Å². The fourth-order valence-electron chi connectivity index (χ4n) is 1.61. The van der Waals surface area contributed by atoms with Crippen LogP contribution in [0, 0.1) is 0 Å². The first-order valence-corrected chi connectivity index (χ1v) is 7.56. The lowest BCUT2D eigenvalue weighted by atomic mass is 10.3. The first-order chi connectivity index (χ1) is 9.60. The molecule has 1 unspecified atom stereocenters. The van der Waals surface area contributed by atoms with E-state index in [0.717, 1.165) is 23.1 Å². The molecular weight excluding hydrogens is 344 g/mol. The molecule has 2 aromatic rings. The molecule has 0 fully saturated rings. The average Bonchev–Trinajstić information content (AvgIpc) is 2.88. The number of nitrogens with zero attached hydrogens (tertiary/aromatic N) is 2. The summed E-state index contributed by atoms with van der Waals surface area (Å²) in [5, 5.41) is 15.0. The van der Waals surface area contributed by atoms with E-state index in [0.29, 0.717) is 16.9 Å². The molecule has 0 aliphatic carbocycles. The average molecular weight is 360 g/mol. The minimum absolute atomic E-state index is 0.0339. The third-order valence-corrected chi connectivity index (χ3v) is 3.58. The maximum absolute atomic E-state index is 5.90. The van der Waals surface area contributed by atoms with Crippen molar-refractivity contribution in [1.82, 2.24) is 15.5 Å². The van der Waals surface area contributed by atoms with Gasteiger partial charge in [-0.25, -0.2) is 0 Å². The highest BCUT2D eigenvalue weighted by molar-refractivity contribution is 9.10. The van der Waals surface area contributed by atoms with Gasteiger partial charge in [-0.1, -0.05) is 23.6 Å². The second-order valence-corrected chi connectivity index (χ2v) is 5.66. The van der Waals surface area contributed by atoms with E-state index in [1.807, 2.05) is 13.0 Å². The zero-order valence-electron chi connectivity index (χ0n) is 11.3. The number of nitrogens with one attached hydrogen (secondary N) is 2. The van der Waals surface area contributed by atoms with Crippen molar-refractivity contribution >= 4 is 39.2 Å². The summed E-state index contributed by atoms with van der Waals surface area (Å²) in [4.78, 5) is 0. The van der Waals surface area contributed by atoms with Crippen molar-refractivity contribution in [3.05, 3.63) is 33.6 Å². The molecule has 1 atom stereocenters. The molecule has 1 aromatic carbocycles. The standard InChI is InChI=1S/C13H16BrClN4O/c1-3-6-16-8(2)12-18-19-13(20-12)17-11-5-4-9(15)7-10(11)14/h4-5,7-8,16H,3,6H2,1-2H3,(H,17,19). The van der Waals surface area contributed by atoms with Gasteiger partial charge in [0.25, 0.3) is 0 Å². The zero-order valence-corrected chi connectivity index (χ0v) is 13.6. The number of benzene rings is 1. The van der Waals surface area contributed by atoms with Crippen LogP contribution in [-0.2, 0) is 0 Å². The minimum atomic E-state index is 0.0339. The Labute approximate surface area is 131 Å². The molecule has 0 saturated heterocycles. The SMILES string of the molecule is CCCNC(C)c1nnc(Nc2ccc(Cl)cc2Br)o1. The number of rotatable bonds is 6. The highest BCUT2D eigenvalue weighted by Gasteiger charge is 2.13. The third-order valence-electron chi connectivity index (χ3n) is 2.68. The fourth-order valence-corrected chi connectivity index (χ4v) is 2.40. The van der Waals surface area contributed by atoms with Crippen LogP contribution in [0.2, 0.25) is 5.02 Å². The molecule has 0 saturated carbocycles. The number of aromatic nitrogens is 2. The molecule has 2 N–H and O–H groups in total. The number of anilines is 2. The highest BCUT2D eigenvalue weighted by atomic mass is 79.9. The van der Waals surface area contributed by atoms with E-state index in [2.05, 4.69) is 43.7 Å². The molecule has 1 heterocycles. The van der Waals surface area contributed by atoms with Crippen LogP contribution in [0.25, 0.3) is 0 Å². The van der Waals surface area contributed by atoms with Gasteiger partial charge >= 0.3 is 6.01 Å². The summed E-state index contributed by atoms with van der Waals surface area (Å²) in [6.45, 7) is 5.01. The highest BCUT2D eigenvalue weighted by Crippen LogP contribution is 2.28. The molecular formula is C13H16BrClN4O. The van der Waals surface area contributed by atoms with Gasteiger partial charge in [-0.3, -0.25) is 0 Å².